The van der Waals surface area contributed by atoms with E-state index >= 15 is 8.78 Å². The largest absolute Gasteiger partial charge is 0.333 e. The van der Waals surface area contributed by atoms with E-state index in [9.17, 15) is 4.79 Å². The molecule has 9 heteroatoms. The molecule has 0 radical (unpaired) electrons. The van der Waals surface area contributed by atoms with Crippen LogP contribution < -0.4 is 0 Å². The number of carbonyl (C=O) groups excluding carboxylic acids is 1. The van der Waals surface area contributed by atoms with Gasteiger partial charge in [0.2, 0.25) is 5.82 Å². The maximum Gasteiger partial charge on any atom is 0.333 e. The van der Waals surface area contributed by atoms with E-state index in [4.69, 9.17) is 0 Å². The Morgan fingerprint density at radius 3 is 2.82 bits per heavy atom. The maximum atomic E-state index is 15.3. The van der Waals surface area contributed by atoms with Crippen LogP contribution in [0.5, 0.6) is 0 Å². The summed E-state index contributed by atoms with van der Waals surface area (Å²) in [5.41, 5.74) is 2.41. The average molecular weight is 378 g/mol. The maximum absolute atomic E-state index is 15.3. The van der Waals surface area contributed by atoms with Crippen LogP contribution in [0.1, 0.15) is 22.5 Å². The highest BCUT2D eigenvalue weighted by atomic mass is 19.3. The number of nitrogens with zero attached hydrogens (tertiary/aromatic N) is 5. The summed E-state index contributed by atoms with van der Waals surface area (Å²) >= 11 is 0. The Morgan fingerprint density at radius 2 is 2.00 bits per heavy atom. The van der Waals surface area contributed by atoms with Crippen molar-refractivity contribution in [3.8, 4) is 11.3 Å². The zero-order chi connectivity index (χ0) is 19.3. The Labute approximate surface area is 156 Å². The van der Waals surface area contributed by atoms with Gasteiger partial charge in [0.1, 0.15) is 0 Å². The molecule has 1 aliphatic carbocycles. The standard InChI is InChI=1S/C19H12F2N6O/c20-19(21,14-3-1-12-8-15(28)4-2-11(12)7-14)18-25-24-17-6-5-16(26-27(17)18)13-9-22-23-10-13/h1-7,9-10H,8H2,(H,22,23). The molecule has 4 aromatic rings. The van der Waals surface area contributed by atoms with Gasteiger partial charge in [-0.15, -0.1) is 10.2 Å². The fourth-order valence-electron chi connectivity index (χ4n) is 3.19. The second-order valence-electron chi connectivity index (χ2n) is 6.46. The second-order valence-corrected chi connectivity index (χ2v) is 6.46. The van der Waals surface area contributed by atoms with Gasteiger partial charge in [0, 0.05) is 23.7 Å². The third-order valence-corrected chi connectivity index (χ3v) is 4.66. The van der Waals surface area contributed by atoms with Crippen molar-refractivity contribution in [2.75, 3.05) is 0 Å². The monoisotopic (exact) mass is 378 g/mol. The quantitative estimate of drug-likeness (QED) is 0.592. The number of H-pyrrole nitrogens is 1. The van der Waals surface area contributed by atoms with Crippen molar-refractivity contribution in [2.45, 2.75) is 12.3 Å². The predicted octanol–water partition coefficient (Wildman–Crippen LogP) is 2.79. The molecule has 7 nitrogen and oxygen atoms in total. The van der Waals surface area contributed by atoms with Gasteiger partial charge in [-0.1, -0.05) is 18.2 Å². The third kappa shape index (κ3) is 2.51. The molecule has 0 unspecified atom stereocenters. The summed E-state index contributed by atoms with van der Waals surface area (Å²) in [6.45, 7) is 0. The highest BCUT2D eigenvalue weighted by Gasteiger charge is 2.40. The number of hydrogen-bond donors (Lipinski definition) is 1. The predicted molar refractivity (Wildman–Crippen MR) is 95.5 cm³/mol. The van der Waals surface area contributed by atoms with Crippen molar-refractivity contribution in [2.24, 2.45) is 0 Å². The van der Waals surface area contributed by atoms with Gasteiger partial charge < -0.3 is 0 Å². The lowest BCUT2D eigenvalue weighted by Crippen LogP contribution is -2.21. The van der Waals surface area contributed by atoms with E-state index in [0.29, 0.717) is 16.8 Å². The van der Waals surface area contributed by atoms with E-state index in [1.165, 1.54) is 18.2 Å². The van der Waals surface area contributed by atoms with E-state index in [1.807, 2.05) is 0 Å². The number of allylic oxidation sites excluding steroid dienone is 1. The molecule has 0 saturated heterocycles. The molecule has 1 N–H and O–H groups in total. The summed E-state index contributed by atoms with van der Waals surface area (Å²) in [6.07, 6.45) is 6.33. The second kappa shape index (κ2) is 5.88. The molecule has 138 valence electrons. The first-order valence-corrected chi connectivity index (χ1v) is 8.46. The number of halogens is 2. The van der Waals surface area contributed by atoms with Crippen LogP contribution in [0.4, 0.5) is 8.78 Å². The molecule has 0 saturated carbocycles. The number of benzene rings is 1. The minimum Gasteiger partial charge on any atom is -0.294 e. The Morgan fingerprint density at radius 1 is 1.11 bits per heavy atom. The number of nitrogens with one attached hydrogen (secondary N) is 1. The topological polar surface area (TPSA) is 88.8 Å². The highest BCUT2D eigenvalue weighted by Crippen LogP contribution is 2.36. The minimum absolute atomic E-state index is 0.0496. The van der Waals surface area contributed by atoms with Crippen LogP contribution in [-0.2, 0) is 17.1 Å². The molecule has 28 heavy (non-hydrogen) atoms. The third-order valence-electron chi connectivity index (χ3n) is 4.66. The molecule has 1 aromatic carbocycles. The zero-order valence-electron chi connectivity index (χ0n) is 14.3. The van der Waals surface area contributed by atoms with E-state index in [-0.39, 0.29) is 23.4 Å². The van der Waals surface area contributed by atoms with Gasteiger partial charge in [0.05, 0.1) is 11.9 Å². The fourth-order valence-corrected chi connectivity index (χ4v) is 3.19. The zero-order valence-corrected chi connectivity index (χ0v) is 14.3. The van der Waals surface area contributed by atoms with Crippen LogP contribution in [0.25, 0.3) is 23.0 Å². The number of aromatic amines is 1. The minimum atomic E-state index is -3.42. The molecule has 0 bridgehead atoms. The Kier molecular flexibility index (Phi) is 3.45. The lowest BCUT2D eigenvalue weighted by atomic mass is 9.93. The highest BCUT2D eigenvalue weighted by molar-refractivity contribution is 5.98. The first kappa shape index (κ1) is 16.4. The van der Waals surface area contributed by atoms with Gasteiger partial charge in [-0.3, -0.25) is 9.89 Å². The molecule has 1 aliphatic rings. The van der Waals surface area contributed by atoms with E-state index in [0.717, 1.165) is 10.1 Å². The van der Waals surface area contributed by atoms with Gasteiger partial charge in [0.25, 0.3) is 0 Å². The number of rotatable bonds is 3. The SMILES string of the molecule is O=C1C=Cc2cc(C(F)(F)c3nnc4ccc(-c5cn[nH]c5)nn34)ccc2C1. The molecule has 3 heterocycles. The van der Waals surface area contributed by atoms with Crippen LogP contribution in [0, 0.1) is 0 Å². The summed E-state index contributed by atoms with van der Waals surface area (Å²) in [6, 6.07) is 7.47. The van der Waals surface area contributed by atoms with Crippen LogP contribution in [0.15, 0.2) is 48.8 Å². The van der Waals surface area contributed by atoms with Gasteiger partial charge >= 0.3 is 5.92 Å². The average Bonchev–Trinajstić information content (AvgIpc) is 3.37. The number of ketones is 1. The summed E-state index contributed by atoms with van der Waals surface area (Å²) in [5.74, 6) is -4.05. The summed E-state index contributed by atoms with van der Waals surface area (Å²) in [7, 11) is 0. The van der Waals surface area contributed by atoms with Gasteiger partial charge in [-0.05, 0) is 35.4 Å². The van der Waals surface area contributed by atoms with E-state index in [2.05, 4.69) is 25.5 Å². The van der Waals surface area contributed by atoms with Gasteiger partial charge in [-0.2, -0.15) is 23.5 Å². The van der Waals surface area contributed by atoms with Crippen LogP contribution in [0.2, 0.25) is 0 Å². The van der Waals surface area contributed by atoms with Crippen LogP contribution in [0.3, 0.4) is 0 Å². The lowest BCUT2D eigenvalue weighted by Gasteiger charge is -2.17. The van der Waals surface area contributed by atoms with Crippen molar-refractivity contribution in [3.05, 3.63) is 71.3 Å². The Balaban J connectivity index is 1.62. The van der Waals surface area contributed by atoms with Crippen molar-refractivity contribution >= 4 is 17.5 Å². The van der Waals surface area contributed by atoms with E-state index in [1.54, 1.807) is 36.7 Å². The number of carbonyl (C=O) groups is 1. The molecule has 0 aliphatic heterocycles. The van der Waals surface area contributed by atoms with Crippen molar-refractivity contribution in [3.63, 3.8) is 0 Å². The number of aromatic nitrogens is 6. The molecular formula is C19H12F2N6O. The van der Waals surface area contributed by atoms with Crippen LogP contribution in [-0.4, -0.2) is 35.8 Å². The number of hydrogen-bond acceptors (Lipinski definition) is 5. The smallest absolute Gasteiger partial charge is 0.294 e. The number of alkyl halides is 2. The summed E-state index contributed by atoms with van der Waals surface area (Å²) in [5, 5.41) is 18.3. The van der Waals surface area contributed by atoms with Crippen molar-refractivity contribution < 1.29 is 13.6 Å². The molecule has 0 atom stereocenters. The number of fused-ring (bicyclic) bond motifs is 2. The lowest BCUT2D eigenvalue weighted by molar-refractivity contribution is -0.114. The first-order valence-electron chi connectivity index (χ1n) is 8.46. The summed E-state index contributed by atoms with van der Waals surface area (Å²) < 4.78 is 31.6. The molecular weight excluding hydrogens is 366 g/mol. The van der Waals surface area contributed by atoms with Gasteiger partial charge in [-0.25, -0.2) is 0 Å². The molecule has 0 spiro atoms. The molecule has 3 aromatic heterocycles. The normalized spacial score (nSPS) is 13.9. The first-order chi connectivity index (χ1) is 13.5. The molecule has 5 rings (SSSR count). The van der Waals surface area contributed by atoms with Crippen LogP contribution >= 0.6 is 0 Å². The molecule has 0 amide bonds. The fraction of sp³-hybridized carbons (Fsp3) is 0.105. The van der Waals surface area contributed by atoms with Crippen molar-refractivity contribution in [1.82, 2.24) is 30.0 Å². The van der Waals surface area contributed by atoms with E-state index < -0.39 is 11.7 Å². The summed E-state index contributed by atoms with van der Waals surface area (Å²) in [4.78, 5) is 11.5. The Bertz CT molecular complexity index is 1240. The van der Waals surface area contributed by atoms with Gasteiger partial charge in [0.15, 0.2) is 11.4 Å². The van der Waals surface area contributed by atoms with Crippen molar-refractivity contribution in [1.29, 1.82) is 0 Å². The Hall–Kier alpha value is -3.75. The molecule has 0 fully saturated rings.